The van der Waals surface area contributed by atoms with Crippen LogP contribution in [-0.2, 0) is 6.54 Å². The van der Waals surface area contributed by atoms with E-state index < -0.39 is 6.10 Å². The molecular weight excluding hydrogens is 301 g/mol. The Labute approximate surface area is 133 Å². The van der Waals surface area contributed by atoms with Gasteiger partial charge in [-0.25, -0.2) is 9.38 Å². The van der Waals surface area contributed by atoms with Crippen molar-refractivity contribution in [3.8, 4) is 0 Å². The number of nitrogens with zero attached hydrogens (tertiary/aromatic N) is 1. The molecule has 1 aromatic carbocycles. The first-order chi connectivity index (χ1) is 10.7. The molecule has 0 spiro atoms. The van der Waals surface area contributed by atoms with E-state index in [1.54, 1.807) is 23.5 Å². The second kappa shape index (κ2) is 8.51. The van der Waals surface area contributed by atoms with E-state index in [4.69, 9.17) is 0 Å². The van der Waals surface area contributed by atoms with E-state index >= 15 is 0 Å². The molecule has 1 unspecified atom stereocenters. The van der Waals surface area contributed by atoms with Crippen molar-refractivity contribution in [2.24, 2.45) is 4.99 Å². The fraction of sp³-hybridized carbons (Fsp3) is 0.312. The summed E-state index contributed by atoms with van der Waals surface area (Å²) in [5.41, 5.74) is 1.82. The third kappa shape index (κ3) is 5.13. The van der Waals surface area contributed by atoms with Gasteiger partial charge in [-0.05, 0) is 47.0 Å². The zero-order chi connectivity index (χ0) is 15.8. The van der Waals surface area contributed by atoms with Gasteiger partial charge >= 0.3 is 0 Å². The third-order valence-electron chi connectivity index (χ3n) is 3.06. The normalized spacial score (nSPS) is 13.0. The van der Waals surface area contributed by atoms with E-state index in [2.05, 4.69) is 21.0 Å². The van der Waals surface area contributed by atoms with Gasteiger partial charge in [-0.1, -0.05) is 12.1 Å². The quantitative estimate of drug-likeness (QED) is 0.566. The van der Waals surface area contributed by atoms with Crippen LogP contribution in [0, 0.1) is 5.82 Å². The van der Waals surface area contributed by atoms with Crippen LogP contribution in [0.1, 0.15) is 24.2 Å². The zero-order valence-corrected chi connectivity index (χ0v) is 13.2. The molecule has 0 bridgehead atoms. The number of hydrogen-bond donors (Lipinski definition) is 3. The number of benzene rings is 1. The van der Waals surface area contributed by atoms with Crippen LogP contribution in [0.3, 0.4) is 0 Å². The maximum atomic E-state index is 12.9. The maximum absolute atomic E-state index is 12.9. The van der Waals surface area contributed by atoms with Crippen molar-refractivity contribution in [2.75, 3.05) is 13.1 Å². The van der Waals surface area contributed by atoms with Crippen molar-refractivity contribution in [1.82, 2.24) is 10.6 Å². The van der Waals surface area contributed by atoms with E-state index in [9.17, 15) is 9.50 Å². The summed E-state index contributed by atoms with van der Waals surface area (Å²) in [5, 5.41) is 20.4. The number of aliphatic hydroxyl groups is 1. The van der Waals surface area contributed by atoms with E-state index in [0.717, 1.165) is 12.1 Å². The highest BCUT2D eigenvalue weighted by Crippen LogP contribution is 2.12. The molecule has 1 aromatic heterocycles. The molecule has 4 nitrogen and oxygen atoms in total. The zero-order valence-electron chi connectivity index (χ0n) is 12.4. The lowest BCUT2D eigenvalue weighted by Gasteiger charge is -2.15. The molecule has 0 saturated heterocycles. The standard InChI is InChI=1S/C16H20FN3OS/c1-2-18-16(19-9-12-7-8-22-11-12)20-10-15(21)13-3-5-14(17)6-4-13/h3-8,11,15,21H,2,9-10H2,1H3,(H2,18,19,20). The number of halogens is 1. The fourth-order valence-electron chi connectivity index (χ4n) is 1.89. The summed E-state index contributed by atoms with van der Waals surface area (Å²) >= 11 is 1.64. The Bertz CT molecular complexity index is 584. The molecule has 0 aliphatic heterocycles. The average Bonchev–Trinajstić information content (AvgIpc) is 3.04. The predicted octanol–water partition coefficient (Wildman–Crippen LogP) is 2.68. The van der Waals surface area contributed by atoms with Gasteiger partial charge in [-0.2, -0.15) is 11.3 Å². The van der Waals surface area contributed by atoms with Gasteiger partial charge in [0.25, 0.3) is 0 Å². The van der Waals surface area contributed by atoms with Crippen LogP contribution in [0.4, 0.5) is 4.39 Å². The molecule has 3 N–H and O–H groups in total. The second-order valence-electron chi connectivity index (χ2n) is 4.78. The monoisotopic (exact) mass is 321 g/mol. The van der Waals surface area contributed by atoms with Gasteiger partial charge in [0, 0.05) is 13.1 Å². The molecule has 0 aliphatic carbocycles. The van der Waals surface area contributed by atoms with Gasteiger partial charge < -0.3 is 15.7 Å². The minimum atomic E-state index is -0.717. The molecule has 0 radical (unpaired) electrons. The van der Waals surface area contributed by atoms with Crippen LogP contribution in [0.25, 0.3) is 0 Å². The van der Waals surface area contributed by atoms with Crippen LogP contribution in [0.15, 0.2) is 46.1 Å². The summed E-state index contributed by atoms with van der Waals surface area (Å²) in [5.74, 6) is 0.337. The Morgan fingerprint density at radius 2 is 2.05 bits per heavy atom. The Kier molecular flexibility index (Phi) is 6.36. The molecule has 0 amide bonds. The molecular formula is C16H20FN3OS. The summed E-state index contributed by atoms with van der Waals surface area (Å²) in [6.45, 7) is 3.62. The fourth-order valence-corrected chi connectivity index (χ4v) is 2.55. The summed E-state index contributed by atoms with van der Waals surface area (Å²) < 4.78 is 12.9. The van der Waals surface area contributed by atoms with Crippen molar-refractivity contribution in [3.05, 3.63) is 58.0 Å². The summed E-state index contributed by atoms with van der Waals surface area (Å²) in [4.78, 5) is 4.47. The number of rotatable bonds is 6. The number of aliphatic hydroxyl groups excluding tert-OH is 1. The van der Waals surface area contributed by atoms with Crippen molar-refractivity contribution in [2.45, 2.75) is 19.6 Å². The number of guanidine groups is 1. The molecule has 0 saturated carbocycles. The SMILES string of the molecule is CCNC(=NCc1ccsc1)NCC(O)c1ccc(F)cc1. The Morgan fingerprint density at radius 1 is 1.27 bits per heavy atom. The molecule has 0 fully saturated rings. The lowest BCUT2D eigenvalue weighted by molar-refractivity contribution is 0.180. The van der Waals surface area contributed by atoms with Crippen molar-refractivity contribution in [1.29, 1.82) is 0 Å². The van der Waals surface area contributed by atoms with Gasteiger partial charge in [0.05, 0.1) is 12.6 Å². The average molecular weight is 321 g/mol. The first-order valence-corrected chi connectivity index (χ1v) is 8.10. The largest absolute Gasteiger partial charge is 0.387 e. The Morgan fingerprint density at radius 3 is 2.68 bits per heavy atom. The number of aliphatic imine (C=N–C) groups is 1. The van der Waals surface area contributed by atoms with Crippen LogP contribution < -0.4 is 10.6 Å². The van der Waals surface area contributed by atoms with Gasteiger partial charge in [-0.3, -0.25) is 0 Å². The number of nitrogens with one attached hydrogen (secondary N) is 2. The molecule has 118 valence electrons. The van der Waals surface area contributed by atoms with Crippen molar-refractivity contribution >= 4 is 17.3 Å². The van der Waals surface area contributed by atoms with E-state index in [0.29, 0.717) is 24.6 Å². The minimum absolute atomic E-state index is 0.307. The highest BCUT2D eigenvalue weighted by Gasteiger charge is 2.08. The molecule has 2 rings (SSSR count). The van der Waals surface area contributed by atoms with Crippen LogP contribution in [0.5, 0.6) is 0 Å². The van der Waals surface area contributed by atoms with Crippen molar-refractivity contribution < 1.29 is 9.50 Å². The van der Waals surface area contributed by atoms with E-state index in [1.165, 1.54) is 12.1 Å². The van der Waals surface area contributed by atoms with Gasteiger partial charge in [0.1, 0.15) is 5.82 Å². The maximum Gasteiger partial charge on any atom is 0.191 e. The molecule has 22 heavy (non-hydrogen) atoms. The lowest BCUT2D eigenvalue weighted by atomic mass is 10.1. The number of thiophene rings is 1. The summed E-state index contributed by atoms with van der Waals surface area (Å²) in [6, 6.07) is 7.88. The second-order valence-corrected chi connectivity index (χ2v) is 5.56. The third-order valence-corrected chi connectivity index (χ3v) is 3.79. The molecule has 2 aromatic rings. The molecule has 6 heteroatoms. The van der Waals surface area contributed by atoms with E-state index in [1.807, 2.05) is 18.4 Å². The van der Waals surface area contributed by atoms with Gasteiger partial charge in [0.2, 0.25) is 0 Å². The molecule has 1 heterocycles. The van der Waals surface area contributed by atoms with E-state index in [-0.39, 0.29) is 5.82 Å². The highest BCUT2D eigenvalue weighted by atomic mass is 32.1. The Hall–Kier alpha value is -1.92. The molecule has 0 aliphatic rings. The topological polar surface area (TPSA) is 56.7 Å². The lowest BCUT2D eigenvalue weighted by Crippen LogP contribution is -2.39. The van der Waals surface area contributed by atoms with Crippen LogP contribution in [-0.4, -0.2) is 24.2 Å². The van der Waals surface area contributed by atoms with Gasteiger partial charge in [0.15, 0.2) is 5.96 Å². The summed E-state index contributed by atoms with van der Waals surface area (Å²) in [7, 11) is 0. The first kappa shape index (κ1) is 16.5. The smallest absolute Gasteiger partial charge is 0.191 e. The first-order valence-electron chi connectivity index (χ1n) is 7.16. The highest BCUT2D eigenvalue weighted by molar-refractivity contribution is 7.07. The number of hydrogen-bond acceptors (Lipinski definition) is 3. The van der Waals surface area contributed by atoms with Gasteiger partial charge in [-0.15, -0.1) is 0 Å². The van der Waals surface area contributed by atoms with Crippen molar-refractivity contribution in [3.63, 3.8) is 0 Å². The summed E-state index contributed by atoms with van der Waals surface area (Å²) in [6.07, 6.45) is -0.717. The minimum Gasteiger partial charge on any atom is -0.387 e. The predicted molar refractivity (Wildman–Crippen MR) is 88.5 cm³/mol. The van der Waals surface area contributed by atoms with Crippen LogP contribution in [0.2, 0.25) is 0 Å². The Balaban J connectivity index is 1.90. The van der Waals surface area contributed by atoms with Crippen LogP contribution >= 0.6 is 11.3 Å². The molecule has 1 atom stereocenters.